The van der Waals surface area contributed by atoms with Crippen molar-refractivity contribution in [2.45, 2.75) is 14.7 Å². The summed E-state index contributed by atoms with van der Waals surface area (Å²) in [5.74, 6) is 5.51. The van der Waals surface area contributed by atoms with Crippen molar-refractivity contribution in [3.8, 4) is 34.5 Å². The lowest BCUT2D eigenvalue weighted by Gasteiger charge is -2.43. The molecule has 1 N–H and O–H groups in total. The Labute approximate surface area is 377 Å². The van der Waals surface area contributed by atoms with E-state index in [4.69, 9.17) is 14.2 Å². The molecule has 0 spiro atoms. The monoisotopic (exact) mass is 881 g/mol. The fourth-order valence-electron chi connectivity index (χ4n) is 10.6. The fraction of sp³-hybridized carbons (Fsp3) is 0.106. The van der Waals surface area contributed by atoms with E-state index in [-0.39, 0.29) is 20.1 Å². The quantitative estimate of drug-likeness (QED) is 0.108. The van der Waals surface area contributed by atoms with Gasteiger partial charge in [0.2, 0.25) is 0 Å². The van der Waals surface area contributed by atoms with Gasteiger partial charge in [-0.1, -0.05) is 48.5 Å². The highest BCUT2D eigenvalue weighted by atomic mass is 32.2. The van der Waals surface area contributed by atoms with Gasteiger partial charge in [-0.2, -0.15) is 0 Å². The molecule has 0 aromatic heterocycles. The Morgan fingerprint density at radius 1 is 0.393 bits per heavy atom. The summed E-state index contributed by atoms with van der Waals surface area (Å²) in [6.07, 6.45) is 10.8. The molecule has 6 heterocycles. The number of hydrogen-bond donors (Lipinski definition) is 1. The molecule has 0 bridgehead atoms. The topological polar surface area (TPSA) is 46.2 Å². The SMILES string of the molecule is CSc1cc2c3c(c1)Oc1ccccc1B3c1cc3c(cc1N2)N(SC)c1cc(SC)cc2c1B3c1cc3c(cc1O2)N(SC)c1cc(SC)cc2c1B3c1ccccc1O2. The van der Waals surface area contributed by atoms with Crippen molar-refractivity contribution in [2.75, 3.05) is 45.2 Å². The first-order valence-electron chi connectivity index (χ1n) is 20.2. The first-order chi connectivity index (χ1) is 30.0. The third-order valence-corrected chi connectivity index (χ3v) is 16.7. The lowest BCUT2D eigenvalue weighted by Crippen LogP contribution is -2.64. The van der Waals surface area contributed by atoms with Gasteiger partial charge in [-0.25, -0.2) is 0 Å². The summed E-state index contributed by atoms with van der Waals surface area (Å²) in [4.78, 5) is 3.52. The molecule has 0 radical (unpaired) electrons. The molecule has 6 nitrogen and oxygen atoms in total. The smallest absolute Gasteiger partial charge is 0.256 e. The second-order valence-electron chi connectivity index (χ2n) is 15.9. The molecule has 0 unspecified atom stereocenters. The van der Waals surface area contributed by atoms with E-state index in [0.717, 1.165) is 51.6 Å². The predicted octanol–water partition coefficient (Wildman–Crippen LogP) is 7.23. The molecule has 0 fully saturated rings. The Balaban J connectivity index is 1.08. The Hall–Kier alpha value is -4.72. The molecule has 0 atom stereocenters. The summed E-state index contributed by atoms with van der Waals surface area (Å²) >= 11 is 8.72. The van der Waals surface area contributed by atoms with Crippen molar-refractivity contribution in [3.63, 3.8) is 0 Å². The number of anilines is 6. The van der Waals surface area contributed by atoms with E-state index in [0.29, 0.717) is 0 Å². The fourth-order valence-corrected chi connectivity index (χ4v) is 13.4. The highest BCUT2D eigenvalue weighted by Gasteiger charge is 2.48. The molecule has 6 aliphatic heterocycles. The zero-order valence-electron chi connectivity index (χ0n) is 33.8. The Morgan fingerprint density at radius 2 is 0.869 bits per heavy atom. The van der Waals surface area contributed by atoms with Crippen LogP contribution in [0.15, 0.2) is 124 Å². The third-order valence-electron chi connectivity index (χ3n) is 13.1. The zero-order chi connectivity index (χ0) is 40.8. The molecule has 7 aromatic rings. The number of benzene rings is 7. The second kappa shape index (κ2) is 13.6. The van der Waals surface area contributed by atoms with Crippen molar-refractivity contribution in [3.05, 3.63) is 109 Å². The number of hydrogen-bond acceptors (Lipinski definition) is 11. The van der Waals surface area contributed by atoms with E-state index in [1.807, 2.05) is 0 Å². The van der Waals surface area contributed by atoms with Crippen LogP contribution in [0.3, 0.4) is 0 Å². The minimum atomic E-state index is -0.0778. The van der Waals surface area contributed by atoms with Gasteiger partial charge in [0.25, 0.3) is 20.1 Å². The van der Waals surface area contributed by atoms with Crippen molar-refractivity contribution in [2.24, 2.45) is 0 Å². The van der Waals surface area contributed by atoms with Crippen LogP contribution in [-0.4, -0.2) is 51.4 Å². The largest absolute Gasteiger partial charge is 0.458 e. The van der Waals surface area contributed by atoms with Gasteiger partial charge in [0.15, 0.2) is 0 Å². The molecule has 0 amide bonds. The summed E-state index contributed by atoms with van der Waals surface area (Å²) in [6, 6.07) is 40.5. The summed E-state index contributed by atoms with van der Waals surface area (Å²) in [6.45, 7) is -0.0775. The molecule has 61 heavy (non-hydrogen) atoms. The molecule has 0 aliphatic carbocycles. The first kappa shape index (κ1) is 36.9. The van der Waals surface area contributed by atoms with E-state index in [9.17, 15) is 0 Å². The van der Waals surface area contributed by atoms with Crippen LogP contribution in [-0.2, 0) is 0 Å². The molecular formula is C47H34B3N3O3S5. The maximum atomic E-state index is 7.19. The second-order valence-corrected chi connectivity index (χ2v) is 20.0. The van der Waals surface area contributed by atoms with Crippen LogP contribution in [0.1, 0.15) is 0 Å². The highest BCUT2D eigenvalue weighted by molar-refractivity contribution is 8.00. The van der Waals surface area contributed by atoms with E-state index in [1.54, 1.807) is 59.2 Å². The highest BCUT2D eigenvalue weighted by Crippen LogP contribution is 2.46. The molecule has 6 aliphatic rings. The van der Waals surface area contributed by atoms with Gasteiger partial charge in [0.05, 0.1) is 17.1 Å². The standard InChI is InChI=1S/C47H34B3N3O3S5/c1-57-24-14-34-45-42(17-24)54-39-12-8-6-10-27(39)48(45)29-20-30-35(22-33(29)51-34)52(60-4)38-16-26(59-3)19-44-47(38)50(30)32-21-31-36(23-41(32)56-44)53(61-5)37-15-25(58-2)18-43-46(37)49(31)28-11-7-9-13-40(28)55-43/h6-23,51H,1-5H3. The number of nitrogens with zero attached hydrogens (tertiary/aromatic N) is 2. The Bertz CT molecular complexity index is 3120. The number of thioether (sulfide) groups is 3. The summed E-state index contributed by atoms with van der Waals surface area (Å²) in [5, 5.41) is 3.93. The van der Waals surface area contributed by atoms with Crippen LogP contribution in [0.4, 0.5) is 34.1 Å². The van der Waals surface area contributed by atoms with Gasteiger partial charge in [-0.3, -0.25) is 8.61 Å². The Morgan fingerprint density at radius 3 is 1.44 bits per heavy atom. The van der Waals surface area contributed by atoms with Crippen LogP contribution in [0.5, 0.6) is 34.5 Å². The molecule has 0 saturated carbocycles. The number of rotatable bonds is 5. The minimum absolute atomic E-state index is 0.00683. The van der Waals surface area contributed by atoms with Gasteiger partial charge >= 0.3 is 0 Å². The summed E-state index contributed by atoms with van der Waals surface area (Å²) in [5.41, 5.74) is 17.9. The number of nitrogens with one attached hydrogen (secondary N) is 1. The average molecular weight is 882 g/mol. The van der Waals surface area contributed by atoms with Crippen LogP contribution >= 0.6 is 59.2 Å². The maximum absolute atomic E-state index is 7.19. The van der Waals surface area contributed by atoms with Crippen LogP contribution in [0.25, 0.3) is 0 Å². The molecule has 7 aromatic carbocycles. The third kappa shape index (κ3) is 5.11. The average Bonchev–Trinajstić information content (AvgIpc) is 3.29. The van der Waals surface area contributed by atoms with Crippen molar-refractivity contribution in [1.29, 1.82) is 0 Å². The van der Waals surface area contributed by atoms with Crippen molar-refractivity contribution >= 4 is 163 Å². The normalized spacial score (nSPS) is 14.7. The zero-order valence-corrected chi connectivity index (χ0v) is 37.9. The lowest BCUT2D eigenvalue weighted by molar-refractivity contribution is 0.485. The van der Waals surface area contributed by atoms with E-state index in [2.05, 4.69) is 154 Å². The molecular weight excluding hydrogens is 847 g/mol. The van der Waals surface area contributed by atoms with E-state index < -0.39 is 0 Å². The Kier molecular flexibility index (Phi) is 8.25. The molecule has 0 saturated heterocycles. The van der Waals surface area contributed by atoms with E-state index in [1.165, 1.54) is 80.9 Å². The van der Waals surface area contributed by atoms with Gasteiger partial charge in [0.1, 0.15) is 34.5 Å². The van der Waals surface area contributed by atoms with Crippen molar-refractivity contribution < 1.29 is 14.2 Å². The maximum Gasteiger partial charge on any atom is 0.256 e. The van der Waals surface area contributed by atoms with Crippen LogP contribution < -0.4 is 77.3 Å². The lowest BCUT2D eigenvalue weighted by atomic mass is 9.30. The van der Waals surface area contributed by atoms with Crippen molar-refractivity contribution in [1.82, 2.24) is 0 Å². The first-order valence-corrected chi connectivity index (χ1v) is 26.2. The summed E-state index contributed by atoms with van der Waals surface area (Å²) in [7, 11) is 0. The van der Waals surface area contributed by atoms with Crippen LogP contribution in [0, 0.1) is 0 Å². The minimum Gasteiger partial charge on any atom is -0.458 e. The van der Waals surface area contributed by atoms with E-state index >= 15 is 0 Å². The molecule has 13 rings (SSSR count). The number of para-hydroxylation sites is 2. The van der Waals surface area contributed by atoms with Gasteiger partial charge in [0, 0.05) is 50.3 Å². The molecule has 294 valence electrons. The van der Waals surface area contributed by atoms with Gasteiger partial charge in [-0.15, -0.1) is 35.3 Å². The van der Waals surface area contributed by atoms with Gasteiger partial charge < -0.3 is 19.5 Å². The number of ether oxygens (including phenoxy) is 3. The van der Waals surface area contributed by atoms with Gasteiger partial charge in [-0.05, 0) is 146 Å². The number of fused-ring (bicyclic) bond motifs is 12. The summed E-state index contributed by atoms with van der Waals surface area (Å²) < 4.78 is 25.4. The van der Waals surface area contributed by atoms with Crippen LogP contribution in [0.2, 0.25) is 0 Å². The predicted molar refractivity (Wildman–Crippen MR) is 269 cm³/mol. The molecule has 14 heteroatoms.